The average Bonchev–Trinajstić information content (AvgIpc) is 3.14. The zero-order chi connectivity index (χ0) is 39.0. The third-order valence-electron chi connectivity index (χ3n) is 7.65. The van der Waals surface area contributed by atoms with Gasteiger partial charge in [-0.2, -0.15) is 13.2 Å². The molecule has 0 bridgehead atoms. The fraction of sp³-hybridized carbons (Fsp3) is 0.0769. The van der Waals surface area contributed by atoms with Gasteiger partial charge in [0.15, 0.2) is 0 Å². The van der Waals surface area contributed by atoms with Gasteiger partial charge in [0, 0.05) is 11.6 Å². The fourth-order valence-corrected chi connectivity index (χ4v) is 4.94. The van der Waals surface area contributed by atoms with Crippen LogP contribution < -0.4 is 53.1 Å². The maximum Gasteiger partial charge on any atom is 0.416 e. The van der Waals surface area contributed by atoms with Gasteiger partial charge in [0.05, 0.1) is 19.8 Å². The maximum atomic E-state index is 13.7. The lowest BCUT2D eigenvalue weighted by atomic mass is 10.1. The molecule has 0 aliphatic rings. The largest absolute Gasteiger partial charge is 0.497 e. The topological polar surface area (TPSA) is 150 Å². The van der Waals surface area contributed by atoms with E-state index in [-0.39, 0.29) is 32.5 Å². The van der Waals surface area contributed by atoms with E-state index in [1.807, 2.05) is 0 Å². The molecule has 0 atom stereocenters. The van der Waals surface area contributed by atoms with Crippen LogP contribution in [0.25, 0.3) is 24.3 Å². The Morgan fingerprint density at radius 2 is 0.926 bits per heavy atom. The maximum absolute atomic E-state index is 13.7. The zero-order valence-corrected chi connectivity index (χ0v) is 28.3. The molecule has 0 aliphatic carbocycles. The molecule has 54 heavy (non-hydrogen) atoms. The molecule has 276 valence electrons. The molecule has 0 radical (unpaired) electrons. The Bertz CT molecular complexity index is 2790. The second-order valence-electron chi connectivity index (χ2n) is 11.3. The summed E-state index contributed by atoms with van der Waals surface area (Å²) in [5, 5.41) is -0.366. The van der Waals surface area contributed by atoms with E-state index in [2.05, 4.69) is 19.9 Å². The fourth-order valence-electron chi connectivity index (χ4n) is 4.94. The number of ether oxygens (including phenoxy) is 2. The van der Waals surface area contributed by atoms with Crippen LogP contribution in [-0.4, -0.2) is 34.2 Å². The van der Waals surface area contributed by atoms with E-state index in [4.69, 9.17) is 9.47 Å². The quantitative estimate of drug-likeness (QED) is 0.193. The lowest BCUT2D eigenvalue weighted by molar-refractivity contribution is -0.137. The Balaban J connectivity index is 0.000000208. The van der Waals surface area contributed by atoms with E-state index >= 15 is 0 Å². The Morgan fingerprint density at radius 3 is 1.33 bits per heavy atom. The van der Waals surface area contributed by atoms with Gasteiger partial charge in [-0.1, -0.05) is 42.5 Å². The number of rotatable bonds is 6. The van der Waals surface area contributed by atoms with Crippen LogP contribution in [0.5, 0.6) is 11.5 Å². The number of nitrogens with one attached hydrogen (secondary N) is 4. The first-order chi connectivity index (χ1) is 25.7. The van der Waals surface area contributed by atoms with Gasteiger partial charge in [-0.05, 0) is 83.5 Å². The molecule has 2 aromatic heterocycles. The average molecular weight is 745 g/mol. The first-order valence-corrected chi connectivity index (χ1v) is 15.8. The highest BCUT2D eigenvalue weighted by atomic mass is 19.4. The molecule has 0 fully saturated rings. The molecule has 6 aromatic rings. The van der Waals surface area contributed by atoms with Crippen molar-refractivity contribution in [3.63, 3.8) is 0 Å². The van der Waals surface area contributed by atoms with Gasteiger partial charge < -0.3 is 29.4 Å². The summed E-state index contributed by atoms with van der Waals surface area (Å²) in [6, 6.07) is 21.4. The van der Waals surface area contributed by atoms with Gasteiger partial charge in [0.2, 0.25) is 0 Å². The van der Waals surface area contributed by atoms with Crippen molar-refractivity contribution in [2.75, 3.05) is 14.2 Å². The third-order valence-corrected chi connectivity index (χ3v) is 7.65. The number of benzene rings is 4. The van der Waals surface area contributed by atoms with Crippen LogP contribution >= 0.6 is 0 Å². The van der Waals surface area contributed by atoms with E-state index in [1.54, 1.807) is 55.6 Å². The number of halogens is 5. The van der Waals surface area contributed by atoms with Crippen LogP contribution in [0.15, 0.2) is 110 Å². The van der Waals surface area contributed by atoms with Crippen LogP contribution in [0.2, 0.25) is 0 Å². The van der Waals surface area contributed by atoms with Crippen molar-refractivity contribution in [2.45, 2.75) is 6.18 Å². The van der Waals surface area contributed by atoms with Crippen molar-refractivity contribution in [2.24, 2.45) is 0 Å². The highest BCUT2D eigenvalue weighted by Gasteiger charge is 2.32. The van der Waals surface area contributed by atoms with Crippen molar-refractivity contribution < 1.29 is 31.4 Å². The molecule has 15 heteroatoms. The molecule has 0 spiro atoms. The number of hydrogen-bond donors (Lipinski definition) is 4. The van der Waals surface area contributed by atoms with Crippen molar-refractivity contribution >= 4 is 24.3 Å². The summed E-state index contributed by atoms with van der Waals surface area (Å²) >= 11 is 0. The van der Waals surface area contributed by atoms with Gasteiger partial charge in [0.25, 0.3) is 22.2 Å². The summed E-state index contributed by atoms with van der Waals surface area (Å²) in [6.45, 7) is 0. The Kier molecular flexibility index (Phi) is 11.7. The minimum atomic E-state index is -4.58. The lowest BCUT2D eigenvalue weighted by Crippen LogP contribution is -2.46. The second kappa shape index (κ2) is 16.5. The van der Waals surface area contributed by atoms with Gasteiger partial charge in [0.1, 0.15) is 44.5 Å². The second-order valence-corrected chi connectivity index (χ2v) is 11.3. The number of methoxy groups -OCH3 is 2. The Hall–Kier alpha value is -7.03. The van der Waals surface area contributed by atoms with Gasteiger partial charge >= 0.3 is 6.18 Å². The number of H-pyrrole nitrogens is 4. The number of aromatic amines is 4. The van der Waals surface area contributed by atoms with Gasteiger partial charge in [-0.15, -0.1) is 0 Å². The molecule has 0 aliphatic heterocycles. The van der Waals surface area contributed by atoms with Crippen molar-refractivity contribution in [3.8, 4) is 11.5 Å². The molecule has 0 saturated heterocycles. The molecule has 10 nitrogen and oxygen atoms in total. The van der Waals surface area contributed by atoms with Crippen molar-refractivity contribution in [3.05, 3.63) is 193 Å². The highest BCUT2D eigenvalue weighted by Crippen LogP contribution is 2.32. The molecule has 2 heterocycles. The zero-order valence-electron chi connectivity index (χ0n) is 28.3. The van der Waals surface area contributed by atoms with Crippen LogP contribution in [-0.2, 0) is 6.18 Å². The number of hydrogen-bond acceptors (Lipinski definition) is 6. The van der Waals surface area contributed by atoms with E-state index < -0.39 is 45.6 Å². The number of alkyl halides is 3. The van der Waals surface area contributed by atoms with E-state index in [0.29, 0.717) is 28.7 Å². The summed E-state index contributed by atoms with van der Waals surface area (Å²) in [4.78, 5) is 58.5. The van der Waals surface area contributed by atoms with Crippen LogP contribution in [0.4, 0.5) is 22.0 Å². The third kappa shape index (κ3) is 9.64. The molecule has 0 saturated carbocycles. The molecule has 0 unspecified atom stereocenters. The summed E-state index contributed by atoms with van der Waals surface area (Å²) in [5.41, 5.74) is -2.30. The number of aromatic nitrogens is 4. The SMILES string of the molecule is COc1ccc(/C=c2\[nH]c(=O)/c(=C/c3ccc(F)cc3F)[nH]c2=O)cc1.COc1ccc(/C=c2\[nH]c(=O)/c(=C/c3ccccc3C(F)(F)F)[nH]c2=O)cc1. The monoisotopic (exact) mass is 744 g/mol. The molecular formula is C39H29F5N4O6. The van der Waals surface area contributed by atoms with Gasteiger partial charge in [-0.3, -0.25) is 19.2 Å². The molecule has 4 aromatic carbocycles. The molecule has 0 amide bonds. The standard InChI is InChI=1S/C20H15F3N2O3.C19H14F2N2O3/c1-28-14-8-6-12(7-9-14)10-16-18(26)25-17(19(27)24-16)11-13-4-2-3-5-15(13)20(21,22)23;1-26-14-6-2-11(3-7-14)8-16-18(24)23-17(19(25)22-16)9-12-4-5-13(20)10-15(12)21/h2-11H,1H3,(H,24,27)(H,25,26);2-10H,1H3,(H,22,25)(H,23,24)/b16-10-,17-11-;16-8-,17-9-. The Morgan fingerprint density at radius 1 is 0.519 bits per heavy atom. The smallest absolute Gasteiger partial charge is 0.416 e. The van der Waals surface area contributed by atoms with Gasteiger partial charge in [-0.25, -0.2) is 8.78 Å². The summed E-state index contributed by atoms with van der Waals surface area (Å²) in [5.74, 6) is -0.269. The first-order valence-electron chi connectivity index (χ1n) is 15.8. The van der Waals surface area contributed by atoms with Crippen LogP contribution in [0, 0.1) is 11.6 Å². The van der Waals surface area contributed by atoms with Crippen molar-refractivity contribution in [1.82, 2.24) is 19.9 Å². The van der Waals surface area contributed by atoms with Crippen LogP contribution in [0.1, 0.15) is 27.8 Å². The molecule has 4 N–H and O–H groups in total. The predicted octanol–water partition coefficient (Wildman–Crippen LogP) is 2.76. The first kappa shape index (κ1) is 38.2. The predicted molar refractivity (Wildman–Crippen MR) is 192 cm³/mol. The normalized spacial score (nSPS) is 12.7. The highest BCUT2D eigenvalue weighted by molar-refractivity contribution is 5.54. The minimum absolute atomic E-state index is 0.0144. The summed E-state index contributed by atoms with van der Waals surface area (Å²) < 4.78 is 76.0. The van der Waals surface area contributed by atoms with E-state index in [9.17, 15) is 41.1 Å². The van der Waals surface area contributed by atoms with Crippen molar-refractivity contribution in [1.29, 1.82) is 0 Å². The molecule has 6 rings (SSSR count). The van der Waals surface area contributed by atoms with E-state index in [0.717, 1.165) is 24.3 Å². The Labute approximate surface area is 300 Å². The lowest BCUT2D eigenvalue weighted by Gasteiger charge is -2.09. The molecular weight excluding hydrogens is 715 g/mol. The van der Waals surface area contributed by atoms with E-state index in [1.165, 1.54) is 43.5 Å². The minimum Gasteiger partial charge on any atom is -0.497 e. The summed E-state index contributed by atoms with van der Waals surface area (Å²) in [7, 11) is 3.06. The summed E-state index contributed by atoms with van der Waals surface area (Å²) in [6.07, 6.45) is 0.518. The van der Waals surface area contributed by atoms with Crippen LogP contribution in [0.3, 0.4) is 0 Å².